The fraction of sp³-hybridized carbons (Fsp3) is 0.217. The molecule has 0 N–H and O–H groups in total. The number of fused-ring (bicyclic) bond motifs is 1. The van der Waals surface area contributed by atoms with Gasteiger partial charge in [0, 0.05) is 35.3 Å². The van der Waals surface area contributed by atoms with Crippen molar-refractivity contribution in [3.8, 4) is 6.07 Å². The van der Waals surface area contributed by atoms with Crippen molar-refractivity contribution in [1.29, 1.82) is 5.26 Å². The third-order valence-corrected chi connectivity index (χ3v) is 5.01. The third-order valence-electron chi connectivity index (χ3n) is 5.01. The summed E-state index contributed by atoms with van der Waals surface area (Å²) >= 11 is 0. The zero-order valence-electron chi connectivity index (χ0n) is 15.1. The number of benzene rings is 3. The minimum atomic E-state index is 0.282. The molecule has 27 heavy (non-hydrogen) atoms. The van der Waals surface area contributed by atoms with Crippen molar-refractivity contribution in [2.45, 2.75) is 19.4 Å². The quantitative estimate of drug-likeness (QED) is 0.485. The Kier molecular flexibility index (Phi) is 5.02. The lowest BCUT2D eigenvalue weighted by Crippen LogP contribution is -2.17. The molecular weight excluding hydrogens is 334 g/mol. The topological polar surface area (TPSA) is 48.6 Å². The van der Waals surface area contributed by atoms with E-state index in [4.69, 9.17) is 10.1 Å². The zero-order valence-corrected chi connectivity index (χ0v) is 15.1. The van der Waals surface area contributed by atoms with Crippen LogP contribution >= 0.6 is 0 Å². The van der Waals surface area contributed by atoms with Gasteiger partial charge in [-0.3, -0.25) is 0 Å². The van der Waals surface area contributed by atoms with E-state index in [0.29, 0.717) is 5.56 Å². The highest BCUT2D eigenvalue weighted by Crippen LogP contribution is 2.31. The van der Waals surface area contributed by atoms with Crippen molar-refractivity contribution in [2.75, 3.05) is 18.0 Å². The van der Waals surface area contributed by atoms with Crippen molar-refractivity contribution >= 4 is 22.7 Å². The number of nitrogens with zero attached hydrogens (tertiary/aromatic N) is 3. The summed E-state index contributed by atoms with van der Waals surface area (Å²) < 4.78 is 0. The lowest BCUT2D eigenvalue weighted by Gasteiger charge is -2.20. The molecule has 3 aromatic carbocycles. The molecule has 0 radical (unpaired) electrons. The summed E-state index contributed by atoms with van der Waals surface area (Å²) in [5.41, 5.74) is 3.78. The largest absolute Gasteiger partial charge is 0.391 e. The normalized spacial score (nSPS) is 14.0. The molecule has 0 aliphatic carbocycles. The van der Waals surface area contributed by atoms with Crippen LogP contribution in [0, 0.1) is 11.3 Å². The molecule has 1 fully saturated rings. The van der Waals surface area contributed by atoms with Crippen LogP contribution in [0.25, 0.3) is 10.8 Å². The Labute approximate surface area is 159 Å². The Morgan fingerprint density at radius 1 is 0.963 bits per heavy atom. The van der Waals surface area contributed by atoms with Crippen molar-refractivity contribution in [2.24, 2.45) is 5.16 Å². The number of hydrogen-bond acceptors (Lipinski definition) is 4. The highest BCUT2D eigenvalue weighted by molar-refractivity contribution is 6.05. The number of rotatable bonds is 5. The summed E-state index contributed by atoms with van der Waals surface area (Å²) in [6.45, 7) is 2.53. The number of hydrogen-bond donors (Lipinski definition) is 0. The van der Waals surface area contributed by atoms with E-state index in [1.165, 1.54) is 29.3 Å². The predicted molar refractivity (Wildman–Crippen MR) is 109 cm³/mol. The Balaban J connectivity index is 1.55. The first kappa shape index (κ1) is 17.1. The smallest absolute Gasteiger partial charge is 0.143 e. The van der Waals surface area contributed by atoms with Gasteiger partial charge in [-0.05, 0) is 30.4 Å². The van der Waals surface area contributed by atoms with Crippen LogP contribution in [0.3, 0.4) is 0 Å². The summed E-state index contributed by atoms with van der Waals surface area (Å²) in [6, 6.07) is 22.3. The first-order chi connectivity index (χ1) is 13.4. The molecule has 0 saturated carbocycles. The third kappa shape index (κ3) is 3.63. The van der Waals surface area contributed by atoms with Gasteiger partial charge in [-0.1, -0.05) is 53.7 Å². The average Bonchev–Trinajstić information content (AvgIpc) is 3.26. The van der Waals surface area contributed by atoms with Crippen LogP contribution in [0.1, 0.15) is 29.5 Å². The molecule has 0 spiro atoms. The van der Waals surface area contributed by atoms with Crippen LogP contribution in [0.2, 0.25) is 0 Å². The highest BCUT2D eigenvalue weighted by Gasteiger charge is 2.15. The molecule has 1 aliphatic heterocycles. The van der Waals surface area contributed by atoms with Gasteiger partial charge < -0.3 is 9.74 Å². The molecule has 0 bridgehead atoms. The van der Waals surface area contributed by atoms with E-state index in [-0.39, 0.29) is 6.61 Å². The number of oxime groups is 1. The first-order valence-electron chi connectivity index (χ1n) is 9.27. The maximum atomic E-state index is 9.14. The van der Waals surface area contributed by atoms with E-state index in [9.17, 15) is 0 Å². The predicted octanol–water partition coefficient (Wildman–Crippen LogP) is 4.86. The SMILES string of the molecule is N#Cc1ccccc1CO/N=C\c1ccc(N2CCCC2)c2ccccc12. The number of anilines is 1. The van der Waals surface area contributed by atoms with Gasteiger partial charge >= 0.3 is 0 Å². The first-order valence-corrected chi connectivity index (χ1v) is 9.27. The van der Waals surface area contributed by atoms with Gasteiger partial charge in [-0.15, -0.1) is 0 Å². The lowest BCUT2D eigenvalue weighted by molar-refractivity contribution is 0.132. The standard InChI is InChI=1S/C23H21N3O/c24-15-18-7-1-2-8-20(18)17-27-25-16-19-11-12-23(26-13-5-6-14-26)22-10-4-3-9-21(19)22/h1-4,7-12,16H,5-6,13-14,17H2/b25-16-. The maximum Gasteiger partial charge on any atom is 0.143 e. The van der Waals surface area contributed by atoms with E-state index in [1.54, 1.807) is 12.3 Å². The molecular formula is C23H21N3O. The van der Waals surface area contributed by atoms with Gasteiger partial charge in [-0.25, -0.2) is 0 Å². The number of nitriles is 1. The summed E-state index contributed by atoms with van der Waals surface area (Å²) in [5, 5.41) is 15.7. The summed E-state index contributed by atoms with van der Waals surface area (Å²) in [5.74, 6) is 0. The van der Waals surface area contributed by atoms with Crippen LogP contribution in [0.15, 0.2) is 65.8 Å². The van der Waals surface area contributed by atoms with Gasteiger partial charge in [-0.2, -0.15) is 5.26 Å². The van der Waals surface area contributed by atoms with Gasteiger partial charge in [0.15, 0.2) is 0 Å². The van der Waals surface area contributed by atoms with Crippen LogP contribution in [0.4, 0.5) is 5.69 Å². The van der Waals surface area contributed by atoms with Crippen LogP contribution in [-0.2, 0) is 11.4 Å². The molecule has 3 aromatic rings. The van der Waals surface area contributed by atoms with Crippen molar-refractivity contribution < 1.29 is 4.84 Å². The molecule has 4 nitrogen and oxygen atoms in total. The molecule has 1 aliphatic rings. The Bertz CT molecular complexity index is 1010. The molecule has 0 atom stereocenters. The maximum absolute atomic E-state index is 9.14. The summed E-state index contributed by atoms with van der Waals surface area (Å²) in [6.07, 6.45) is 4.27. The molecule has 4 heteroatoms. The molecule has 0 amide bonds. The molecule has 1 heterocycles. The van der Waals surface area contributed by atoms with Crippen LogP contribution < -0.4 is 4.90 Å². The lowest BCUT2D eigenvalue weighted by atomic mass is 10.0. The van der Waals surface area contributed by atoms with E-state index >= 15 is 0 Å². The van der Waals surface area contributed by atoms with E-state index in [0.717, 1.165) is 24.2 Å². The van der Waals surface area contributed by atoms with Gasteiger partial charge in [0.25, 0.3) is 0 Å². The molecule has 0 aromatic heterocycles. The monoisotopic (exact) mass is 355 g/mol. The molecule has 134 valence electrons. The Hall–Kier alpha value is -3.32. The molecule has 4 rings (SSSR count). The molecule has 1 saturated heterocycles. The second-order valence-electron chi connectivity index (χ2n) is 6.69. The Morgan fingerprint density at radius 3 is 2.52 bits per heavy atom. The second kappa shape index (κ2) is 7.92. The zero-order chi connectivity index (χ0) is 18.5. The van der Waals surface area contributed by atoms with Crippen molar-refractivity contribution in [3.63, 3.8) is 0 Å². The fourth-order valence-corrected chi connectivity index (χ4v) is 3.61. The highest BCUT2D eigenvalue weighted by atomic mass is 16.6. The fourth-order valence-electron chi connectivity index (χ4n) is 3.61. The van der Waals surface area contributed by atoms with Crippen LogP contribution in [0.5, 0.6) is 0 Å². The van der Waals surface area contributed by atoms with Gasteiger partial charge in [0.2, 0.25) is 0 Å². The van der Waals surface area contributed by atoms with Crippen molar-refractivity contribution in [3.05, 3.63) is 77.4 Å². The van der Waals surface area contributed by atoms with Crippen LogP contribution in [-0.4, -0.2) is 19.3 Å². The summed E-state index contributed by atoms with van der Waals surface area (Å²) in [4.78, 5) is 7.91. The van der Waals surface area contributed by atoms with E-state index in [1.807, 2.05) is 18.2 Å². The van der Waals surface area contributed by atoms with Crippen molar-refractivity contribution in [1.82, 2.24) is 0 Å². The van der Waals surface area contributed by atoms with E-state index in [2.05, 4.69) is 52.5 Å². The van der Waals surface area contributed by atoms with E-state index < -0.39 is 0 Å². The summed E-state index contributed by atoms with van der Waals surface area (Å²) in [7, 11) is 0. The minimum absolute atomic E-state index is 0.282. The second-order valence-corrected chi connectivity index (χ2v) is 6.69. The van der Waals surface area contributed by atoms with Gasteiger partial charge in [0.05, 0.1) is 17.8 Å². The minimum Gasteiger partial charge on any atom is -0.391 e. The molecule has 0 unspecified atom stereocenters. The average molecular weight is 355 g/mol. The van der Waals surface area contributed by atoms with Gasteiger partial charge in [0.1, 0.15) is 6.61 Å². The Morgan fingerprint density at radius 2 is 1.70 bits per heavy atom.